The first-order chi connectivity index (χ1) is 20.3. The number of rotatable bonds is 7. The van der Waals surface area contributed by atoms with Gasteiger partial charge in [0, 0.05) is 5.69 Å². The Morgan fingerprint density at radius 3 is 2.43 bits per heavy atom. The van der Waals surface area contributed by atoms with Crippen molar-refractivity contribution in [1.29, 1.82) is 0 Å². The van der Waals surface area contributed by atoms with Gasteiger partial charge in [-0.15, -0.1) is 0 Å². The molecule has 0 radical (unpaired) electrons. The van der Waals surface area contributed by atoms with Crippen molar-refractivity contribution >= 4 is 58.2 Å². The van der Waals surface area contributed by atoms with Crippen molar-refractivity contribution in [2.45, 2.75) is 29.7 Å². The van der Waals surface area contributed by atoms with Gasteiger partial charge in [0.15, 0.2) is 0 Å². The van der Waals surface area contributed by atoms with Crippen molar-refractivity contribution in [2.75, 3.05) is 16.8 Å². The van der Waals surface area contributed by atoms with Crippen LogP contribution in [0.1, 0.15) is 33.8 Å². The molecular weight excluding hydrogens is 582 g/mol. The molecule has 1 fully saturated rings. The van der Waals surface area contributed by atoms with Crippen molar-refractivity contribution in [3.05, 3.63) is 92.8 Å². The first-order valence-electron chi connectivity index (χ1n) is 12.9. The molecule has 2 aromatic heterocycles. The number of thioether (sulfide) groups is 1. The van der Waals surface area contributed by atoms with Gasteiger partial charge in [-0.05, 0) is 67.6 Å². The average molecular weight is 606 g/mol. The second kappa shape index (κ2) is 11.0. The summed E-state index contributed by atoms with van der Waals surface area (Å²) in [6.45, 7) is 1.59. The molecule has 2 aliphatic rings. The number of esters is 1. The number of aromatic nitrogens is 1. The Hall–Kier alpha value is -4.62. The first kappa shape index (κ1) is 27.5. The van der Waals surface area contributed by atoms with E-state index in [1.165, 1.54) is 59.4 Å². The summed E-state index contributed by atoms with van der Waals surface area (Å²) in [5.41, 5.74) is 1.04. The third kappa shape index (κ3) is 4.80. The zero-order valence-corrected chi connectivity index (χ0v) is 23.6. The molecule has 11 nitrogen and oxygen atoms in total. The van der Waals surface area contributed by atoms with Crippen molar-refractivity contribution in [3.8, 4) is 5.75 Å². The number of ether oxygens (including phenoxy) is 1. The molecule has 214 valence electrons. The van der Waals surface area contributed by atoms with E-state index in [0.29, 0.717) is 27.0 Å². The Morgan fingerprint density at radius 1 is 1.02 bits per heavy atom. The maximum atomic E-state index is 13.9. The molecule has 4 heterocycles. The van der Waals surface area contributed by atoms with E-state index in [-0.39, 0.29) is 24.5 Å². The molecule has 6 rings (SSSR count). The molecule has 3 atom stereocenters. The van der Waals surface area contributed by atoms with E-state index in [4.69, 9.17) is 9.15 Å². The monoisotopic (exact) mass is 605 g/mol. The lowest BCUT2D eigenvalue weighted by Gasteiger charge is -2.29. The number of nitrogens with zero attached hydrogens (tertiary/aromatic N) is 2. The summed E-state index contributed by atoms with van der Waals surface area (Å²) in [5, 5.41) is 11.7. The highest BCUT2D eigenvalue weighted by Gasteiger charge is 2.57. The predicted octanol–water partition coefficient (Wildman–Crippen LogP) is 3.82. The fraction of sp³-hybridized carbons (Fsp3) is 0.207. The molecular formula is C29H23N3O8S2. The third-order valence-electron chi connectivity index (χ3n) is 6.99. The van der Waals surface area contributed by atoms with Crippen LogP contribution < -0.4 is 15.1 Å². The number of anilines is 2. The van der Waals surface area contributed by atoms with E-state index >= 15 is 0 Å². The summed E-state index contributed by atoms with van der Waals surface area (Å²) in [4.78, 5) is 67.0. The standard InChI is InChI=1S/C29H23N3O8S2/c1-2-39-28(37)15-5-9-17(10-6-15)32-25(35)22-21(19-4-3-13-40-19)24-27(41-23(22)26(32)36)31(29(38)42-24)14-20(34)30-16-7-11-18(33)12-8-16/h3-13,21-23,33H,2,14H2,1H3,(H,30,34)/t21-,22-,23+/m0/s1. The number of hydrogen-bond donors (Lipinski definition) is 2. The third-order valence-corrected chi connectivity index (χ3v) is 9.59. The lowest BCUT2D eigenvalue weighted by molar-refractivity contribution is -0.122. The molecule has 2 aliphatic heterocycles. The maximum absolute atomic E-state index is 13.9. The molecule has 0 saturated carbocycles. The van der Waals surface area contributed by atoms with Gasteiger partial charge in [0.2, 0.25) is 17.7 Å². The van der Waals surface area contributed by atoms with Crippen LogP contribution in [-0.2, 0) is 25.7 Å². The highest BCUT2D eigenvalue weighted by molar-refractivity contribution is 8.00. The fourth-order valence-electron chi connectivity index (χ4n) is 5.13. The zero-order chi connectivity index (χ0) is 29.5. The normalized spacial score (nSPS) is 19.4. The molecule has 0 unspecified atom stereocenters. The number of amides is 3. The van der Waals surface area contributed by atoms with Gasteiger partial charge in [-0.3, -0.25) is 23.7 Å². The van der Waals surface area contributed by atoms with Crippen LogP contribution in [-0.4, -0.2) is 45.2 Å². The number of phenolic OH excluding ortho intramolecular Hbond substituents is 1. The molecule has 0 spiro atoms. The van der Waals surface area contributed by atoms with Crippen LogP contribution in [0.15, 0.2) is 81.2 Å². The van der Waals surface area contributed by atoms with Gasteiger partial charge in [0.25, 0.3) is 0 Å². The van der Waals surface area contributed by atoms with Crippen molar-refractivity contribution in [2.24, 2.45) is 5.92 Å². The van der Waals surface area contributed by atoms with Gasteiger partial charge in [0.1, 0.15) is 23.3 Å². The summed E-state index contributed by atoms with van der Waals surface area (Å²) in [6.07, 6.45) is 1.46. The molecule has 2 N–H and O–H groups in total. The van der Waals surface area contributed by atoms with E-state index < -0.39 is 45.6 Å². The van der Waals surface area contributed by atoms with Crippen LogP contribution in [0, 0.1) is 5.92 Å². The second-order valence-electron chi connectivity index (χ2n) is 9.56. The van der Waals surface area contributed by atoms with E-state index in [1.54, 1.807) is 19.1 Å². The number of fused-ring (bicyclic) bond motifs is 2. The molecule has 42 heavy (non-hydrogen) atoms. The predicted molar refractivity (Wildman–Crippen MR) is 154 cm³/mol. The maximum Gasteiger partial charge on any atom is 0.338 e. The van der Waals surface area contributed by atoms with Crippen molar-refractivity contribution in [1.82, 2.24) is 4.57 Å². The summed E-state index contributed by atoms with van der Waals surface area (Å²) in [7, 11) is 0. The van der Waals surface area contributed by atoms with Gasteiger partial charge < -0.3 is 19.6 Å². The van der Waals surface area contributed by atoms with Gasteiger partial charge in [-0.25, -0.2) is 9.69 Å². The fourth-order valence-corrected chi connectivity index (χ4v) is 7.89. The van der Waals surface area contributed by atoms with Crippen LogP contribution >= 0.6 is 23.1 Å². The van der Waals surface area contributed by atoms with Gasteiger partial charge in [-0.2, -0.15) is 0 Å². The van der Waals surface area contributed by atoms with Crippen LogP contribution in [0.25, 0.3) is 0 Å². The Kier molecular flexibility index (Phi) is 7.21. The van der Waals surface area contributed by atoms with E-state index in [9.17, 15) is 29.1 Å². The number of benzene rings is 2. The number of carbonyl (C=O) groups is 4. The molecule has 13 heteroatoms. The van der Waals surface area contributed by atoms with Gasteiger partial charge in [0.05, 0.1) is 45.9 Å². The van der Waals surface area contributed by atoms with Crippen LogP contribution in [0.4, 0.5) is 11.4 Å². The lowest BCUT2D eigenvalue weighted by Crippen LogP contribution is -2.32. The van der Waals surface area contributed by atoms with Crippen LogP contribution in [0.5, 0.6) is 5.75 Å². The topological polar surface area (TPSA) is 148 Å². The number of furan rings is 1. The molecule has 1 saturated heterocycles. The quantitative estimate of drug-likeness (QED) is 0.182. The summed E-state index contributed by atoms with van der Waals surface area (Å²) >= 11 is 2.00. The largest absolute Gasteiger partial charge is 0.508 e. The number of imide groups is 1. The van der Waals surface area contributed by atoms with E-state index in [2.05, 4.69) is 5.32 Å². The highest BCUT2D eigenvalue weighted by Crippen LogP contribution is 2.53. The summed E-state index contributed by atoms with van der Waals surface area (Å²) in [5.74, 6) is -3.02. The molecule has 3 amide bonds. The van der Waals surface area contributed by atoms with E-state index in [1.807, 2.05) is 0 Å². The molecule has 0 bridgehead atoms. The zero-order valence-electron chi connectivity index (χ0n) is 22.0. The Bertz CT molecular complexity index is 1740. The van der Waals surface area contributed by atoms with Gasteiger partial charge >= 0.3 is 10.8 Å². The minimum atomic E-state index is -0.884. The van der Waals surface area contributed by atoms with Crippen LogP contribution in [0.3, 0.4) is 0 Å². The number of nitrogens with one attached hydrogen (secondary N) is 1. The average Bonchev–Trinajstić information content (AvgIpc) is 3.67. The Morgan fingerprint density at radius 2 is 1.76 bits per heavy atom. The van der Waals surface area contributed by atoms with Gasteiger partial charge in [-0.1, -0.05) is 23.1 Å². The Labute approximate surface area is 246 Å². The van der Waals surface area contributed by atoms with Crippen molar-refractivity contribution in [3.63, 3.8) is 0 Å². The number of phenols is 1. The molecule has 4 aromatic rings. The smallest absolute Gasteiger partial charge is 0.338 e. The minimum absolute atomic E-state index is 0.0470. The van der Waals surface area contributed by atoms with Crippen molar-refractivity contribution < 1.29 is 33.4 Å². The van der Waals surface area contributed by atoms with E-state index in [0.717, 1.165) is 28.0 Å². The molecule has 0 aliphatic carbocycles. The number of carbonyl (C=O) groups excluding carboxylic acids is 4. The number of aromatic hydroxyl groups is 1. The Balaban J connectivity index is 1.34. The summed E-state index contributed by atoms with van der Waals surface area (Å²) in [6, 6.07) is 15.3. The molecule has 2 aromatic carbocycles. The first-order valence-corrected chi connectivity index (χ1v) is 14.6. The number of thiazole rings is 1. The number of hydrogen-bond acceptors (Lipinski definition) is 10. The highest BCUT2D eigenvalue weighted by atomic mass is 32.2. The lowest BCUT2D eigenvalue weighted by atomic mass is 9.87. The summed E-state index contributed by atoms with van der Waals surface area (Å²) < 4.78 is 12.0. The minimum Gasteiger partial charge on any atom is -0.508 e. The SMILES string of the molecule is CCOC(=O)c1ccc(N2C(=O)[C@H]3[C@H](c4ccco4)c4sc(=O)n(CC(=O)Nc5ccc(O)cc5)c4S[C@H]3C2=O)cc1. The second-order valence-corrected chi connectivity index (χ2v) is 11.7. The van der Waals surface area contributed by atoms with Crippen LogP contribution in [0.2, 0.25) is 0 Å².